The summed E-state index contributed by atoms with van der Waals surface area (Å²) in [5, 5.41) is 13.3. The van der Waals surface area contributed by atoms with Crippen molar-refractivity contribution in [1.82, 2.24) is 60.8 Å². The van der Waals surface area contributed by atoms with E-state index >= 15 is 0 Å². The Bertz CT molecular complexity index is 2430. The van der Waals surface area contributed by atoms with Crippen LogP contribution in [0, 0.1) is 11.8 Å². The van der Waals surface area contributed by atoms with Crippen molar-refractivity contribution >= 4 is 80.7 Å². The summed E-state index contributed by atoms with van der Waals surface area (Å²) in [6.45, 7) is 7.52. The van der Waals surface area contributed by atoms with Gasteiger partial charge in [0.05, 0.1) is 70.4 Å². The summed E-state index contributed by atoms with van der Waals surface area (Å²) in [4.78, 5) is 81.4. The van der Waals surface area contributed by atoms with Gasteiger partial charge in [0.25, 0.3) is 0 Å². The maximum absolute atomic E-state index is 12.8. The van der Waals surface area contributed by atoms with Crippen LogP contribution >= 0.6 is 57.1 Å². The van der Waals surface area contributed by atoms with Crippen LogP contribution in [0.1, 0.15) is 182 Å². The molecular weight excluding hydrogens is 1130 g/mol. The number of nitrogens with one attached hydrogen (secondary N) is 4. The molecular formula is C60H92N12O5S5. The smallest absolute Gasteiger partial charge is 0.245 e. The third-order valence-corrected chi connectivity index (χ3v) is 23.0. The summed E-state index contributed by atoms with van der Waals surface area (Å²) in [5.41, 5.74) is 11.8. The van der Waals surface area contributed by atoms with E-state index < -0.39 is 0 Å². The molecule has 4 fully saturated rings. The zero-order valence-corrected chi connectivity index (χ0v) is 53.3. The first-order valence-electron chi connectivity index (χ1n) is 30.9. The molecule has 10 heterocycles. The van der Waals surface area contributed by atoms with Crippen LogP contribution in [0.25, 0.3) is 0 Å². The molecule has 4 aromatic heterocycles. The predicted molar refractivity (Wildman–Crippen MR) is 333 cm³/mol. The Hall–Kier alpha value is -3.45. The second kappa shape index (κ2) is 32.3. The van der Waals surface area contributed by atoms with E-state index in [-0.39, 0.29) is 53.9 Å². The summed E-state index contributed by atoms with van der Waals surface area (Å²) < 4.78 is 5.77. The number of amides is 4. The van der Waals surface area contributed by atoms with E-state index in [1.165, 1.54) is 108 Å². The van der Waals surface area contributed by atoms with Crippen LogP contribution in [0.4, 0.5) is 0 Å². The number of thiazole rings is 4. The minimum Gasteiger partial charge on any atom is -0.376 e. The van der Waals surface area contributed by atoms with Crippen molar-refractivity contribution < 1.29 is 23.9 Å². The van der Waals surface area contributed by atoms with Gasteiger partial charge in [-0.05, 0) is 104 Å². The number of aromatic nitrogens is 4. The van der Waals surface area contributed by atoms with Gasteiger partial charge in [-0.3, -0.25) is 19.2 Å². The fourth-order valence-corrected chi connectivity index (χ4v) is 18.3. The number of hydrogen-bond donors (Lipinski definition) is 4. The molecule has 0 bridgehead atoms. The molecule has 8 aliphatic rings. The van der Waals surface area contributed by atoms with E-state index in [9.17, 15) is 19.2 Å². The Labute approximate surface area is 508 Å². The Morgan fingerprint density at radius 1 is 0.427 bits per heavy atom. The van der Waals surface area contributed by atoms with Gasteiger partial charge in [-0.15, -0.1) is 45.3 Å². The van der Waals surface area contributed by atoms with Crippen LogP contribution in [0.5, 0.6) is 0 Å². The fourth-order valence-electron chi connectivity index (χ4n) is 13.2. The van der Waals surface area contributed by atoms with Gasteiger partial charge in [-0.1, -0.05) is 57.8 Å². The molecule has 0 spiro atoms. The van der Waals surface area contributed by atoms with Gasteiger partial charge < -0.3 is 45.6 Å². The van der Waals surface area contributed by atoms with Crippen molar-refractivity contribution in [2.75, 3.05) is 92.9 Å². The number of carbonyl (C=O) groups is 4. The zero-order chi connectivity index (χ0) is 57.2. The summed E-state index contributed by atoms with van der Waals surface area (Å²) in [7, 11) is 7.46. The van der Waals surface area contributed by atoms with E-state index in [2.05, 4.69) is 67.7 Å². The van der Waals surface area contributed by atoms with Crippen LogP contribution in [0.15, 0.2) is 22.0 Å². The molecule has 22 heteroatoms. The highest BCUT2D eigenvalue weighted by Gasteiger charge is 2.37. The van der Waals surface area contributed by atoms with Crippen LogP contribution in [-0.4, -0.2) is 167 Å². The van der Waals surface area contributed by atoms with Gasteiger partial charge in [0.1, 0.15) is 24.2 Å². The first-order valence-corrected chi connectivity index (χ1v) is 35.5. The molecule has 2 aliphatic carbocycles. The van der Waals surface area contributed by atoms with Crippen molar-refractivity contribution in [2.45, 2.75) is 177 Å². The van der Waals surface area contributed by atoms with Gasteiger partial charge in [-0.2, -0.15) is 11.8 Å². The SMILES string of the molecule is CNC1C(=O)N(CC2CCCCC2)CCc2ncsc21.CNC1C(=O)N(CC2CCCCCC2)CCc2ncsc21.CNC1C(=O)N(CC2CCCCCS2)CCc2ncsc21.CNC1C(=O)N(CC2CCCCO2)CCc2ncsc21. The molecule has 6 atom stereocenters. The van der Waals surface area contributed by atoms with Crippen LogP contribution in [0.2, 0.25) is 0 Å². The van der Waals surface area contributed by atoms with Crippen LogP contribution in [0.3, 0.4) is 0 Å². The number of carbonyl (C=O) groups excluding carboxylic acids is 4. The van der Waals surface area contributed by atoms with Crippen molar-refractivity contribution in [3.63, 3.8) is 0 Å². The van der Waals surface area contributed by atoms with Gasteiger partial charge in [0, 0.05) is 89.9 Å². The number of thioether (sulfide) groups is 1. The maximum atomic E-state index is 12.8. The van der Waals surface area contributed by atoms with Crippen molar-refractivity contribution in [3.8, 4) is 0 Å². The van der Waals surface area contributed by atoms with E-state index in [0.717, 1.165) is 133 Å². The highest BCUT2D eigenvalue weighted by molar-refractivity contribution is 7.99. The quantitative estimate of drug-likeness (QED) is 0.0984. The highest BCUT2D eigenvalue weighted by atomic mass is 32.2. The average Bonchev–Trinajstić information content (AvgIpc) is 4.30. The monoisotopic (exact) mass is 1220 g/mol. The number of ether oxygens (including phenoxy) is 1. The summed E-state index contributed by atoms with van der Waals surface area (Å²) >= 11 is 8.43. The minimum absolute atomic E-state index is 0.157. The molecule has 2 saturated heterocycles. The third-order valence-electron chi connectivity index (χ3n) is 17.9. The Morgan fingerprint density at radius 3 is 1.15 bits per heavy atom. The topological polar surface area (TPSA) is 190 Å². The lowest BCUT2D eigenvalue weighted by Gasteiger charge is -2.30. The Morgan fingerprint density at radius 2 is 0.768 bits per heavy atom. The lowest BCUT2D eigenvalue weighted by molar-refractivity contribution is -0.136. The molecule has 452 valence electrons. The molecule has 4 aromatic rings. The van der Waals surface area contributed by atoms with Crippen molar-refractivity contribution in [3.05, 3.63) is 64.3 Å². The predicted octanol–water partition coefficient (Wildman–Crippen LogP) is 8.95. The maximum Gasteiger partial charge on any atom is 0.245 e. The van der Waals surface area contributed by atoms with Crippen LogP contribution < -0.4 is 21.3 Å². The molecule has 12 rings (SSSR count). The number of nitrogens with zero attached hydrogens (tertiary/aromatic N) is 8. The molecule has 2 saturated carbocycles. The number of fused-ring (bicyclic) bond motifs is 4. The molecule has 4 N–H and O–H groups in total. The molecule has 82 heavy (non-hydrogen) atoms. The molecule has 6 aliphatic heterocycles. The van der Waals surface area contributed by atoms with E-state index in [1.54, 1.807) is 45.3 Å². The highest BCUT2D eigenvalue weighted by Crippen LogP contribution is 2.35. The second-order valence-corrected chi connectivity index (χ2v) is 28.3. The normalized spacial score (nSPS) is 25.9. The van der Waals surface area contributed by atoms with Gasteiger partial charge >= 0.3 is 0 Å². The van der Waals surface area contributed by atoms with Crippen molar-refractivity contribution in [1.29, 1.82) is 0 Å². The van der Waals surface area contributed by atoms with Crippen LogP contribution in [-0.2, 0) is 49.6 Å². The minimum atomic E-state index is -0.247. The largest absolute Gasteiger partial charge is 0.376 e. The molecule has 0 radical (unpaired) electrons. The van der Waals surface area contributed by atoms with Gasteiger partial charge in [0.15, 0.2) is 0 Å². The summed E-state index contributed by atoms with van der Waals surface area (Å²) in [6, 6.07) is -0.835. The molecule has 4 amide bonds. The first-order chi connectivity index (χ1) is 40.2. The van der Waals surface area contributed by atoms with Gasteiger partial charge in [0.2, 0.25) is 23.6 Å². The second-order valence-electron chi connectivity index (χ2n) is 23.4. The summed E-state index contributed by atoms with van der Waals surface area (Å²) in [5.74, 6) is 3.50. The Balaban J connectivity index is 0.000000132. The third kappa shape index (κ3) is 16.5. The fraction of sp³-hybridized carbons (Fsp3) is 0.733. The molecule has 0 aromatic carbocycles. The number of rotatable bonds is 12. The zero-order valence-electron chi connectivity index (χ0n) is 49.2. The van der Waals surface area contributed by atoms with E-state index in [4.69, 9.17) is 4.74 Å². The standard InChI is InChI=1S/C16H25N3OS.C15H23N3OS2.C15H23N3OS.C14H21N3O2S/c1-17-14-15-13(18-11-21-15)8-9-19(16(14)20)10-12-6-4-2-3-5-7-12;1-16-13-14-12(17-10-21-14)6-7-18(15(13)19)9-11-5-3-2-4-8-20-11;1-16-13-14-12(17-10-20-14)7-8-18(15(13)19)9-11-5-3-2-4-6-11;1-15-12-13-11(16-9-20-13)5-6-17(14(12)18)8-10-4-2-3-7-19-10/h11-12,14,17H,2-10H2,1H3;10-11,13,16H,2-9H2,1H3;10-11,13,16H,2-9H2,1H3;9-10,12,15H,2-8H2,1H3. The Kier molecular flexibility index (Phi) is 24.9. The summed E-state index contributed by atoms with van der Waals surface area (Å²) in [6.07, 6.45) is 26.9. The van der Waals surface area contributed by atoms with Crippen molar-refractivity contribution in [2.24, 2.45) is 11.8 Å². The van der Waals surface area contributed by atoms with Gasteiger partial charge in [-0.25, -0.2) is 19.9 Å². The molecule has 17 nitrogen and oxygen atoms in total. The number of hydrogen-bond acceptors (Lipinski definition) is 18. The average molecular weight is 1220 g/mol. The lowest BCUT2D eigenvalue weighted by Crippen LogP contribution is -2.44. The van der Waals surface area contributed by atoms with E-state index in [0.29, 0.717) is 23.6 Å². The molecule has 6 unspecified atom stereocenters. The lowest BCUT2D eigenvalue weighted by atomic mass is 9.89. The van der Waals surface area contributed by atoms with E-state index in [1.807, 2.05) is 55.1 Å². The number of likely N-dealkylation sites (N-methyl/N-ethyl adjacent to an activating group) is 4. The first kappa shape index (κ1) is 63.1.